The average Bonchev–Trinajstić information content (AvgIpc) is 3.66. The molecule has 7 nitrogen and oxygen atoms in total. The minimum Gasteiger partial charge on any atom is -0.508 e. The normalized spacial score (nSPS) is 21.2. The van der Waals surface area contributed by atoms with Gasteiger partial charge in [0.25, 0.3) is 0 Å². The monoisotopic (exact) mass is 499 g/mol. The SMILES string of the molecule is CN(c1ccccc1)S(=O)(=O)C1CC2OC1C(c1ccc(-n3ccnc3)cc1)=C2c1ccc(O)cc1. The second kappa shape index (κ2) is 8.65. The number of hydrogen-bond donors (Lipinski definition) is 1. The Balaban J connectivity index is 1.43. The molecule has 3 aromatic carbocycles. The van der Waals surface area contributed by atoms with Crippen LogP contribution < -0.4 is 4.31 Å². The number of fused-ring (bicyclic) bond motifs is 2. The Hall–Kier alpha value is -3.88. The number of phenols is 1. The number of hydrogen-bond acceptors (Lipinski definition) is 5. The summed E-state index contributed by atoms with van der Waals surface area (Å²) in [4.78, 5) is 4.11. The highest BCUT2D eigenvalue weighted by Gasteiger charge is 2.53. The number of anilines is 1. The quantitative estimate of drug-likeness (QED) is 0.422. The van der Waals surface area contributed by atoms with Crippen LogP contribution in [0, 0.1) is 0 Å². The van der Waals surface area contributed by atoms with Crippen molar-refractivity contribution in [2.75, 3.05) is 11.4 Å². The summed E-state index contributed by atoms with van der Waals surface area (Å²) in [6.45, 7) is 0. The number of para-hydroxylation sites is 1. The molecule has 36 heavy (non-hydrogen) atoms. The van der Waals surface area contributed by atoms with Crippen molar-refractivity contribution >= 4 is 26.9 Å². The Morgan fingerprint density at radius 3 is 2.28 bits per heavy atom. The molecule has 3 unspecified atom stereocenters. The average molecular weight is 500 g/mol. The Morgan fingerprint density at radius 1 is 0.944 bits per heavy atom. The van der Waals surface area contributed by atoms with E-state index in [-0.39, 0.29) is 11.9 Å². The highest BCUT2D eigenvalue weighted by atomic mass is 32.2. The summed E-state index contributed by atoms with van der Waals surface area (Å²) in [6, 6.07) is 24.1. The molecule has 6 rings (SSSR count). The first-order valence-corrected chi connectivity index (χ1v) is 13.2. The van der Waals surface area contributed by atoms with E-state index >= 15 is 0 Å². The van der Waals surface area contributed by atoms with Crippen LogP contribution in [0.4, 0.5) is 5.69 Å². The summed E-state index contributed by atoms with van der Waals surface area (Å²) in [5.41, 5.74) is 5.26. The van der Waals surface area contributed by atoms with E-state index < -0.39 is 21.4 Å². The van der Waals surface area contributed by atoms with Crippen LogP contribution in [0.5, 0.6) is 5.75 Å². The molecular formula is C28H25N3O4S. The fourth-order valence-corrected chi connectivity index (χ4v) is 6.97. The van der Waals surface area contributed by atoms with Crippen molar-refractivity contribution < 1.29 is 18.3 Å². The molecule has 8 heteroatoms. The van der Waals surface area contributed by atoms with Gasteiger partial charge < -0.3 is 14.4 Å². The second-order valence-electron chi connectivity index (χ2n) is 9.06. The first-order chi connectivity index (χ1) is 17.4. The van der Waals surface area contributed by atoms with Crippen LogP contribution in [-0.4, -0.2) is 47.6 Å². The molecule has 2 aliphatic rings. The number of phenolic OH excluding ortho intramolecular Hbond substituents is 1. The molecule has 0 amide bonds. The lowest BCUT2D eigenvalue weighted by molar-refractivity contribution is 0.128. The number of ether oxygens (including phenoxy) is 1. The summed E-state index contributed by atoms with van der Waals surface area (Å²) in [5, 5.41) is 9.10. The molecule has 2 bridgehead atoms. The Morgan fingerprint density at radius 2 is 1.61 bits per heavy atom. The van der Waals surface area contributed by atoms with Crippen LogP contribution >= 0.6 is 0 Å². The molecule has 1 fully saturated rings. The van der Waals surface area contributed by atoms with Crippen LogP contribution in [0.3, 0.4) is 0 Å². The van der Waals surface area contributed by atoms with Crippen LogP contribution in [0.15, 0.2) is 97.6 Å². The maximum Gasteiger partial charge on any atom is 0.240 e. The molecule has 1 saturated heterocycles. The van der Waals surface area contributed by atoms with Gasteiger partial charge in [-0.25, -0.2) is 13.4 Å². The molecule has 3 atom stereocenters. The molecule has 1 aromatic heterocycles. The summed E-state index contributed by atoms with van der Waals surface area (Å²) >= 11 is 0. The first-order valence-electron chi connectivity index (χ1n) is 11.7. The molecule has 0 aliphatic carbocycles. The standard InChI is InChI=1S/C28H25N3O4S/c1-30(21-5-3-2-4-6-21)36(33,34)25-17-24-26(19-9-13-23(32)14-10-19)27(28(25)35-24)20-7-11-22(12-8-20)31-16-15-29-18-31/h2-16,18,24-25,28,32H,17H2,1H3. The maximum absolute atomic E-state index is 13.8. The van der Waals surface area contributed by atoms with Gasteiger partial charge in [-0.2, -0.15) is 0 Å². The molecule has 2 aliphatic heterocycles. The largest absolute Gasteiger partial charge is 0.508 e. The highest BCUT2D eigenvalue weighted by molar-refractivity contribution is 7.93. The number of nitrogens with zero attached hydrogens (tertiary/aromatic N) is 3. The van der Waals surface area contributed by atoms with E-state index in [4.69, 9.17) is 4.74 Å². The third-order valence-electron chi connectivity index (χ3n) is 7.03. The van der Waals surface area contributed by atoms with Gasteiger partial charge in [0.1, 0.15) is 17.1 Å². The highest BCUT2D eigenvalue weighted by Crippen LogP contribution is 2.51. The van der Waals surface area contributed by atoms with Crippen LogP contribution in [0.1, 0.15) is 17.5 Å². The van der Waals surface area contributed by atoms with Gasteiger partial charge >= 0.3 is 0 Å². The van der Waals surface area contributed by atoms with Gasteiger partial charge in [0.05, 0.1) is 18.1 Å². The maximum atomic E-state index is 13.8. The van der Waals surface area contributed by atoms with E-state index in [9.17, 15) is 13.5 Å². The fraction of sp³-hybridized carbons (Fsp3) is 0.179. The van der Waals surface area contributed by atoms with Crippen LogP contribution in [-0.2, 0) is 14.8 Å². The lowest BCUT2D eigenvalue weighted by Crippen LogP contribution is -2.42. The molecule has 0 saturated carbocycles. The minimum absolute atomic E-state index is 0.180. The van der Waals surface area contributed by atoms with Crippen molar-refractivity contribution in [3.63, 3.8) is 0 Å². The van der Waals surface area contributed by atoms with Gasteiger partial charge in [-0.15, -0.1) is 0 Å². The van der Waals surface area contributed by atoms with Gasteiger partial charge in [-0.05, 0) is 65.1 Å². The molecule has 182 valence electrons. The van der Waals surface area contributed by atoms with E-state index in [0.717, 1.165) is 28.0 Å². The smallest absolute Gasteiger partial charge is 0.240 e. The topological polar surface area (TPSA) is 84.7 Å². The summed E-state index contributed by atoms with van der Waals surface area (Å²) in [6.07, 6.45) is 4.75. The first kappa shape index (κ1) is 22.6. The fourth-order valence-electron chi connectivity index (χ4n) is 5.21. The lowest BCUT2D eigenvalue weighted by Gasteiger charge is -2.29. The van der Waals surface area contributed by atoms with Crippen molar-refractivity contribution in [2.24, 2.45) is 0 Å². The Kier molecular flexibility index (Phi) is 5.43. The zero-order valence-electron chi connectivity index (χ0n) is 19.6. The van der Waals surface area contributed by atoms with Gasteiger partial charge in [0.2, 0.25) is 10.0 Å². The van der Waals surface area contributed by atoms with Crippen molar-refractivity contribution in [1.29, 1.82) is 0 Å². The third kappa shape index (κ3) is 3.70. The number of aromatic hydroxyl groups is 1. The summed E-state index contributed by atoms with van der Waals surface area (Å²) < 4.78 is 37.2. The minimum atomic E-state index is -3.70. The molecule has 4 aromatic rings. The molecule has 0 radical (unpaired) electrons. The summed E-state index contributed by atoms with van der Waals surface area (Å²) in [5.74, 6) is 0.180. The van der Waals surface area contributed by atoms with Crippen molar-refractivity contribution in [1.82, 2.24) is 9.55 Å². The number of rotatable bonds is 6. The number of aromatic nitrogens is 2. The van der Waals surface area contributed by atoms with Gasteiger partial charge in [0.15, 0.2) is 0 Å². The second-order valence-corrected chi connectivity index (χ2v) is 11.2. The Bertz CT molecular complexity index is 1510. The van der Waals surface area contributed by atoms with Gasteiger partial charge in [-0.1, -0.05) is 42.5 Å². The number of benzene rings is 3. The van der Waals surface area contributed by atoms with Gasteiger partial charge in [-0.3, -0.25) is 4.31 Å². The zero-order chi connectivity index (χ0) is 24.9. The number of sulfonamides is 1. The van der Waals surface area contributed by atoms with Gasteiger partial charge in [0, 0.05) is 25.1 Å². The van der Waals surface area contributed by atoms with Crippen molar-refractivity contribution in [3.8, 4) is 11.4 Å². The van der Waals surface area contributed by atoms with Crippen molar-refractivity contribution in [3.05, 3.63) is 109 Å². The molecule has 0 spiro atoms. The van der Waals surface area contributed by atoms with E-state index in [1.807, 2.05) is 65.4 Å². The van der Waals surface area contributed by atoms with Crippen LogP contribution in [0.25, 0.3) is 16.8 Å². The predicted molar refractivity (Wildman–Crippen MR) is 139 cm³/mol. The lowest BCUT2D eigenvalue weighted by atomic mass is 9.83. The predicted octanol–water partition coefficient (Wildman–Crippen LogP) is 4.49. The molecule has 1 N–H and O–H groups in total. The van der Waals surface area contributed by atoms with Crippen molar-refractivity contribution in [2.45, 2.75) is 23.9 Å². The van der Waals surface area contributed by atoms with Crippen LogP contribution in [0.2, 0.25) is 0 Å². The zero-order valence-corrected chi connectivity index (χ0v) is 20.4. The van der Waals surface area contributed by atoms with E-state index in [2.05, 4.69) is 4.98 Å². The molecule has 3 heterocycles. The Labute approximate surface area is 210 Å². The van der Waals surface area contributed by atoms with E-state index in [1.165, 1.54) is 4.31 Å². The van der Waals surface area contributed by atoms with E-state index in [1.54, 1.807) is 43.8 Å². The molecular weight excluding hydrogens is 474 g/mol. The van der Waals surface area contributed by atoms with E-state index in [0.29, 0.717) is 12.1 Å². The summed E-state index contributed by atoms with van der Waals surface area (Å²) in [7, 11) is -2.10. The third-order valence-corrected chi connectivity index (χ3v) is 9.21. The number of imidazole rings is 1.